The van der Waals surface area contributed by atoms with Gasteiger partial charge in [-0.3, -0.25) is 0 Å². The van der Waals surface area contributed by atoms with Gasteiger partial charge in [-0.15, -0.1) is 0 Å². The van der Waals surface area contributed by atoms with Crippen molar-refractivity contribution in [1.29, 1.82) is 0 Å². The average Bonchev–Trinajstić information content (AvgIpc) is 2.09. The molecule has 0 aliphatic rings. The number of aliphatic hydroxyl groups is 1. The fourth-order valence-corrected chi connectivity index (χ4v) is 1.21. The summed E-state index contributed by atoms with van der Waals surface area (Å²) in [6.45, 7) is 8.09. The average molecular weight is 207 g/mol. The summed E-state index contributed by atoms with van der Waals surface area (Å²) in [7, 11) is 0. The van der Waals surface area contributed by atoms with E-state index in [2.05, 4.69) is 6.07 Å². The van der Waals surface area contributed by atoms with Gasteiger partial charge < -0.3 is 9.84 Å². The van der Waals surface area contributed by atoms with Crippen molar-refractivity contribution < 1.29 is 9.84 Å². The second-order valence-electron chi connectivity index (χ2n) is 4.57. The smallest absolute Gasteiger partial charge is 0.122 e. The van der Waals surface area contributed by atoms with Crippen molar-refractivity contribution in [3.8, 4) is 5.75 Å². The normalized spacial score (nSPS) is 11.5. The van der Waals surface area contributed by atoms with E-state index in [9.17, 15) is 5.11 Å². The van der Waals surface area contributed by atoms with Crippen molar-refractivity contribution >= 4 is 0 Å². The maximum Gasteiger partial charge on any atom is 0.122 e. The van der Waals surface area contributed by atoms with Gasteiger partial charge in [-0.2, -0.15) is 0 Å². The van der Waals surface area contributed by atoms with Gasteiger partial charge in [0.2, 0.25) is 0 Å². The van der Waals surface area contributed by atoms with Gasteiger partial charge in [-0.1, -0.05) is 0 Å². The lowest BCUT2D eigenvalue weighted by molar-refractivity contribution is 0.0552. The standard InChI is InChI=1S/C13H19O2/c1-10-5-6-11(2)12(9-10)15-8-7-13(3,4)14/h6,9,14H,7-8H2,1-4H3. The molecule has 83 valence electrons. The first-order valence-electron chi connectivity index (χ1n) is 5.22. The molecule has 0 aliphatic carbocycles. The van der Waals surface area contributed by atoms with E-state index >= 15 is 0 Å². The summed E-state index contributed by atoms with van der Waals surface area (Å²) in [5.41, 5.74) is 1.49. The zero-order valence-corrected chi connectivity index (χ0v) is 9.92. The topological polar surface area (TPSA) is 29.5 Å². The second-order valence-corrected chi connectivity index (χ2v) is 4.57. The van der Waals surface area contributed by atoms with Crippen LogP contribution in [0.25, 0.3) is 0 Å². The molecule has 0 atom stereocenters. The molecule has 0 aromatic heterocycles. The number of hydrogen-bond donors (Lipinski definition) is 1. The summed E-state index contributed by atoms with van der Waals surface area (Å²) < 4.78 is 5.61. The van der Waals surface area contributed by atoms with Crippen LogP contribution in [-0.2, 0) is 0 Å². The van der Waals surface area contributed by atoms with Crippen molar-refractivity contribution in [2.45, 2.75) is 39.7 Å². The minimum atomic E-state index is -0.663. The van der Waals surface area contributed by atoms with E-state index < -0.39 is 5.60 Å². The van der Waals surface area contributed by atoms with Crippen molar-refractivity contribution in [2.24, 2.45) is 0 Å². The summed E-state index contributed by atoms with van der Waals surface area (Å²) in [6, 6.07) is 7.01. The molecule has 1 radical (unpaired) electrons. The quantitative estimate of drug-likeness (QED) is 0.822. The third kappa shape index (κ3) is 4.34. The molecule has 0 spiro atoms. The summed E-state index contributed by atoms with van der Waals surface area (Å²) in [4.78, 5) is 0. The highest BCUT2D eigenvalue weighted by molar-refractivity contribution is 5.35. The van der Waals surface area contributed by atoms with Crippen LogP contribution < -0.4 is 4.74 Å². The third-order valence-electron chi connectivity index (χ3n) is 2.22. The molecule has 0 unspecified atom stereocenters. The first kappa shape index (κ1) is 12.1. The molecule has 1 aromatic rings. The van der Waals surface area contributed by atoms with Gasteiger partial charge in [0.25, 0.3) is 0 Å². The molecule has 2 nitrogen and oxygen atoms in total. The van der Waals surface area contributed by atoms with E-state index in [4.69, 9.17) is 4.74 Å². The Hall–Kier alpha value is -1.02. The maximum atomic E-state index is 9.53. The highest BCUT2D eigenvalue weighted by atomic mass is 16.5. The zero-order chi connectivity index (χ0) is 11.5. The van der Waals surface area contributed by atoms with Gasteiger partial charge in [0.1, 0.15) is 5.75 Å². The number of hydrogen-bond acceptors (Lipinski definition) is 2. The lowest BCUT2D eigenvalue weighted by Gasteiger charge is -2.17. The molecule has 1 N–H and O–H groups in total. The predicted octanol–water partition coefficient (Wildman–Crippen LogP) is 2.64. The van der Waals surface area contributed by atoms with Crippen LogP contribution in [0, 0.1) is 19.9 Å². The molecule has 1 aromatic carbocycles. The number of aryl methyl sites for hydroxylation is 2. The van der Waals surface area contributed by atoms with Crippen LogP contribution in [-0.4, -0.2) is 17.3 Å². The van der Waals surface area contributed by atoms with E-state index in [1.807, 2.05) is 26.0 Å². The Morgan fingerprint density at radius 1 is 1.40 bits per heavy atom. The third-order valence-corrected chi connectivity index (χ3v) is 2.22. The molecule has 1 rings (SSSR count). The van der Waals surface area contributed by atoms with Gasteiger partial charge in [-0.05, 0) is 57.0 Å². The minimum absolute atomic E-state index is 0.536. The van der Waals surface area contributed by atoms with Crippen LogP contribution in [0.15, 0.2) is 12.1 Å². The van der Waals surface area contributed by atoms with E-state index in [1.54, 1.807) is 13.8 Å². The fourth-order valence-electron chi connectivity index (χ4n) is 1.21. The molecule has 0 saturated carbocycles. The Morgan fingerprint density at radius 2 is 2.07 bits per heavy atom. The second kappa shape index (κ2) is 4.67. The Kier molecular flexibility index (Phi) is 3.75. The lowest BCUT2D eigenvalue weighted by Crippen LogP contribution is -2.21. The first-order valence-corrected chi connectivity index (χ1v) is 5.22. The van der Waals surface area contributed by atoms with Gasteiger partial charge in [0, 0.05) is 6.42 Å². The monoisotopic (exact) mass is 207 g/mol. The SMILES string of the molecule is Cc1[c]cc(C)c(OCCC(C)(C)O)c1. The van der Waals surface area contributed by atoms with E-state index in [0.717, 1.165) is 16.9 Å². The first-order chi connectivity index (χ1) is 6.88. The van der Waals surface area contributed by atoms with Crippen LogP contribution in [0.4, 0.5) is 0 Å². The minimum Gasteiger partial charge on any atom is -0.493 e. The molecular formula is C13H19O2. The summed E-state index contributed by atoms with van der Waals surface area (Å²) >= 11 is 0. The van der Waals surface area contributed by atoms with Crippen molar-refractivity contribution in [3.63, 3.8) is 0 Å². The molecule has 2 heteroatoms. The summed E-state index contributed by atoms with van der Waals surface area (Å²) in [5.74, 6) is 0.885. The lowest BCUT2D eigenvalue weighted by atomic mass is 10.1. The zero-order valence-electron chi connectivity index (χ0n) is 9.92. The molecule has 0 heterocycles. The van der Waals surface area contributed by atoms with E-state index in [-0.39, 0.29) is 0 Å². The molecule has 0 fully saturated rings. The van der Waals surface area contributed by atoms with Crippen molar-refractivity contribution in [1.82, 2.24) is 0 Å². The highest BCUT2D eigenvalue weighted by Crippen LogP contribution is 2.19. The predicted molar refractivity (Wildman–Crippen MR) is 61.2 cm³/mol. The molecule has 0 amide bonds. The molecule has 0 bridgehead atoms. The Bertz CT molecular complexity index is 324. The van der Waals surface area contributed by atoms with Gasteiger partial charge in [-0.25, -0.2) is 0 Å². The Balaban J connectivity index is 2.54. The fraction of sp³-hybridized carbons (Fsp3) is 0.538. The number of rotatable bonds is 4. The Morgan fingerprint density at radius 3 is 2.67 bits per heavy atom. The highest BCUT2D eigenvalue weighted by Gasteiger charge is 2.12. The van der Waals surface area contributed by atoms with Crippen LogP contribution in [0.3, 0.4) is 0 Å². The van der Waals surface area contributed by atoms with Gasteiger partial charge in [0.05, 0.1) is 12.2 Å². The largest absolute Gasteiger partial charge is 0.493 e. The summed E-state index contributed by atoms with van der Waals surface area (Å²) in [5, 5.41) is 9.53. The van der Waals surface area contributed by atoms with Crippen LogP contribution in [0.2, 0.25) is 0 Å². The van der Waals surface area contributed by atoms with Crippen molar-refractivity contribution in [2.75, 3.05) is 6.61 Å². The van der Waals surface area contributed by atoms with Crippen LogP contribution in [0.5, 0.6) is 5.75 Å². The van der Waals surface area contributed by atoms with E-state index in [0.29, 0.717) is 13.0 Å². The molecule has 15 heavy (non-hydrogen) atoms. The van der Waals surface area contributed by atoms with E-state index in [1.165, 1.54) is 0 Å². The number of ether oxygens (including phenoxy) is 1. The maximum absolute atomic E-state index is 9.53. The van der Waals surface area contributed by atoms with Crippen molar-refractivity contribution in [3.05, 3.63) is 29.3 Å². The molecule has 0 aliphatic heterocycles. The number of benzene rings is 1. The van der Waals surface area contributed by atoms with Crippen LogP contribution >= 0.6 is 0 Å². The van der Waals surface area contributed by atoms with Crippen LogP contribution in [0.1, 0.15) is 31.4 Å². The Labute approximate surface area is 91.9 Å². The molecular weight excluding hydrogens is 188 g/mol. The molecule has 0 saturated heterocycles. The van der Waals surface area contributed by atoms with Gasteiger partial charge in [0.15, 0.2) is 0 Å². The van der Waals surface area contributed by atoms with Gasteiger partial charge >= 0.3 is 0 Å². The summed E-state index contributed by atoms with van der Waals surface area (Å²) in [6.07, 6.45) is 0.629.